The van der Waals surface area contributed by atoms with Crippen LogP contribution < -0.4 is 10.1 Å². The van der Waals surface area contributed by atoms with Crippen molar-refractivity contribution in [2.45, 2.75) is 22.8 Å². The van der Waals surface area contributed by atoms with E-state index in [1.54, 1.807) is 12.1 Å². The summed E-state index contributed by atoms with van der Waals surface area (Å²) in [5, 5.41) is 3.05. The van der Waals surface area contributed by atoms with E-state index in [1.165, 1.54) is 30.8 Å². The van der Waals surface area contributed by atoms with Crippen LogP contribution in [0.25, 0.3) is 0 Å². The molecule has 138 valence electrons. The van der Waals surface area contributed by atoms with E-state index in [2.05, 4.69) is 5.32 Å². The number of ether oxygens (including phenoxy) is 1. The highest BCUT2D eigenvalue weighted by Gasteiger charge is 2.19. The second-order valence-electron chi connectivity index (χ2n) is 6.01. The maximum absolute atomic E-state index is 13.1. The van der Waals surface area contributed by atoms with E-state index in [9.17, 15) is 9.18 Å². The van der Waals surface area contributed by atoms with Gasteiger partial charge in [-0.25, -0.2) is 4.39 Å². The zero-order chi connectivity index (χ0) is 19.2. The van der Waals surface area contributed by atoms with Gasteiger partial charge in [0.2, 0.25) is 0 Å². The first-order valence-electron chi connectivity index (χ1n) is 8.53. The van der Waals surface area contributed by atoms with Crippen LogP contribution in [0.2, 0.25) is 0 Å². The molecule has 0 radical (unpaired) electrons. The van der Waals surface area contributed by atoms with Crippen molar-refractivity contribution < 1.29 is 13.9 Å². The predicted molar refractivity (Wildman–Crippen MR) is 107 cm³/mol. The van der Waals surface area contributed by atoms with Gasteiger partial charge in [0.25, 0.3) is 0 Å². The molecule has 0 saturated carbocycles. The maximum Gasteiger partial charge on any atom is 0.181 e. The third-order valence-corrected chi connectivity index (χ3v) is 4.97. The molecule has 3 nitrogen and oxygen atoms in total. The number of halogens is 1. The minimum Gasteiger partial charge on any atom is -0.478 e. The first-order valence-corrected chi connectivity index (χ1v) is 9.35. The molecule has 0 amide bonds. The number of ketones is 1. The number of rotatable bonds is 7. The van der Waals surface area contributed by atoms with E-state index in [0.717, 1.165) is 21.0 Å². The van der Waals surface area contributed by atoms with Crippen molar-refractivity contribution in [3.8, 4) is 5.75 Å². The molecule has 0 heterocycles. The van der Waals surface area contributed by atoms with E-state index >= 15 is 0 Å². The Morgan fingerprint density at radius 3 is 2.33 bits per heavy atom. The normalized spacial score (nSPS) is 11.7. The van der Waals surface area contributed by atoms with Gasteiger partial charge < -0.3 is 10.1 Å². The molecule has 3 rings (SSSR count). The third kappa shape index (κ3) is 5.11. The van der Waals surface area contributed by atoms with Crippen LogP contribution in [0.15, 0.2) is 82.6 Å². The predicted octanol–water partition coefficient (Wildman–Crippen LogP) is 5.73. The molecule has 0 spiro atoms. The van der Waals surface area contributed by atoms with Crippen LogP contribution in [0.5, 0.6) is 5.75 Å². The van der Waals surface area contributed by atoms with Crippen LogP contribution in [0.3, 0.4) is 0 Å². The van der Waals surface area contributed by atoms with E-state index in [0.29, 0.717) is 5.75 Å². The Morgan fingerprint density at radius 2 is 1.70 bits per heavy atom. The lowest BCUT2D eigenvalue weighted by molar-refractivity contribution is -0.123. The highest BCUT2D eigenvalue weighted by Crippen LogP contribution is 2.31. The summed E-state index contributed by atoms with van der Waals surface area (Å²) in [6, 6.07) is 21.4. The first kappa shape index (κ1) is 19.0. The van der Waals surface area contributed by atoms with Crippen LogP contribution in [-0.2, 0) is 4.79 Å². The van der Waals surface area contributed by atoms with Gasteiger partial charge in [0, 0.05) is 28.1 Å². The number of anilines is 1. The number of carbonyl (C=O) groups excluding carboxylic acids is 1. The van der Waals surface area contributed by atoms with E-state index in [-0.39, 0.29) is 11.6 Å². The smallest absolute Gasteiger partial charge is 0.181 e. The highest BCUT2D eigenvalue weighted by molar-refractivity contribution is 7.99. The van der Waals surface area contributed by atoms with Gasteiger partial charge in [-0.1, -0.05) is 23.9 Å². The standard InChI is InChI=1S/C22H20FNO2S/c1-15(25)22(26-19-10-8-18(24-2)9-11-19)16-4-3-5-21(14-16)27-20-12-6-17(23)7-13-20/h3-14,22,24H,1-2H3. The van der Waals surface area contributed by atoms with Crippen molar-refractivity contribution in [1.82, 2.24) is 0 Å². The van der Waals surface area contributed by atoms with Gasteiger partial charge in [-0.05, 0) is 67.6 Å². The number of Topliss-reactive ketones (excluding diaryl/α,β-unsaturated/α-hetero) is 1. The number of hydrogen-bond acceptors (Lipinski definition) is 4. The van der Waals surface area contributed by atoms with Gasteiger partial charge in [-0.3, -0.25) is 4.79 Å². The molecule has 27 heavy (non-hydrogen) atoms. The third-order valence-electron chi connectivity index (χ3n) is 3.98. The van der Waals surface area contributed by atoms with Crippen LogP contribution in [-0.4, -0.2) is 12.8 Å². The fourth-order valence-electron chi connectivity index (χ4n) is 2.60. The van der Waals surface area contributed by atoms with E-state index in [1.807, 2.05) is 55.6 Å². The average Bonchev–Trinajstić information content (AvgIpc) is 2.68. The maximum atomic E-state index is 13.1. The Balaban J connectivity index is 1.80. The molecule has 0 bridgehead atoms. The Labute approximate surface area is 162 Å². The van der Waals surface area contributed by atoms with Gasteiger partial charge >= 0.3 is 0 Å². The second-order valence-corrected chi connectivity index (χ2v) is 7.16. The van der Waals surface area contributed by atoms with Gasteiger partial charge in [0.15, 0.2) is 11.9 Å². The number of carbonyl (C=O) groups is 1. The van der Waals surface area contributed by atoms with Crippen LogP contribution >= 0.6 is 11.8 Å². The first-order chi connectivity index (χ1) is 13.0. The summed E-state index contributed by atoms with van der Waals surface area (Å²) in [4.78, 5) is 14.1. The lowest BCUT2D eigenvalue weighted by Crippen LogP contribution is -2.16. The Morgan fingerprint density at radius 1 is 1.00 bits per heavy atom. The molecule has 3 aromatic carbocycles. The fraction of sp³-hybridized carbons (Fsp3) is 0.136. The topological polar surface area (TPSA) is 38.3 Å². The quantitative estimate of drug-likeness (QED) is 0.567. The number of benzene rings is 3. The van der Waals surface area contributed by atoms with Crippen molar-refractivity contribution in [2.24, 2.45) is 0 Å². The molecule has 0 aliphatic carbocycles. The summed E-state index contributed by atoms with van der Waals surface area (Å²) in [5.41, 5.74) is 1.76. The lowest BCUT2D eigenvalue weighted by atomic mass is 10.1. The fourth-order valence-corrected chi connectivity index (χ4v) is 3.49. The van der Waals surface area contributed by atoms with Crippen molar-refractivity contribution >= 4 is 23.2 Å². The summed E-state index contributed by atoms with van der Waals surface area (Å²) < 4.78 is 19.0. The zero-order valence-electron chi connectivity index (χ0n) is 15.1. The van der Waals surface area contributed by atoms with Crippen molar-refractivity contribution in [3.63, 3.8) is 0 Å². The molecule has 1 atom stereocenters. The molecule has 3 aromatic rings. The summed E-state index contributed by atoms with van der Waals surface area (Å²) in [7, 11) is 1.85. The summed E-state index contributed by atoms with van der Waals surface area (Å²) in [6.45, 7) is 1.52. The molecule has 0 fully saturated rings. The lowest BCUT2D eigenvalue weighted by Gasteiger charge is -2.18. The molecule has 0 aliphatic rings. The SMILES string of the molecule is CNc1ccc(OC(C(C)=O)c2cccc(Sc3ccc(F)cc3)c2)cc1. The van der Waals surface area contributed by atoms with Crippen molar-refractivity contribution in [1.29, 1.82) is 0 Å². The number of nitrogens with one attached hydrogen (secondary N) is 1. The molecular weight excluding hydrogens is 361 g/mol. The molecule has 0 aromatic heterocycles. The van der Waals surface area contributed by atoms with Gasteiger partial charge in [-0.15, -0.1) is 0 Å². The minimum absolute atomic E-state index is 0.0726. The Hall–Kier alpha value is -2.79. The summed E-state index contributed by atoms with van der Waals surface area (Å²) in [5.74, 6) is 0.296. The van der Waals surface area contributed by atoms with Gasteiger partial charge in [-0.2, -0.15) is 0 Å². The molecule has 0 aliphatic heterocycles. The molecule has 1 unspecified atom stereocenters. The Kier molecular flexibility index (Phi) is 6.14. The Bertz CT molecular complexity index is 910. The second kappa shape index (κ2) is 8.73. The molecule has 0 saturated heterocycles. The summed E-state index contributed by atoms with van der Waals surface area (Å²) >= 11 is 1.51. The van der Waals surface area contributed by atoms with E-state index < -0.39 is 6.10 Å². The summed E-state index contributed by atoms with van der Waals surface area (Å²) in [6.07, 6.45) is -0.681. The molecular formula is C22H20FNO2S. The zero-order valence-corrected chi connectivity index (χ0v) is 15.9. The van der Waals surface area contributed by atoms with E-state index in [4.69, 9.17) is 4.74 Å². The number of hydrogen-bond donors (Lipinski definition) is 1. The molecule has 1 N–H and O–H groups in total. The van der Waals surface area contributed by atoms with Crippen LogP contribution in [0.4, 0.5) is 10.1 Å². The average molecular weight is 381 g/mol. The van der Waals surface area contributed by atoms with Gasteiger partial charge in [0.05, 0.1) is 0 Å². The van der Waals surface area contributed by atoms with Gasteiger partial charge in [0.1, 0.15) is 11.6 Å². The van der Waals surface area contributed by atoms with Crippen LogP contribution in [0.1, 0.15) is 18.6 Å². The minimum atomic E-state index is -0.681. The largest absolute Gasteiger partial charge is 0.478 e. The van der Waals surface area contributed by atoms with Crippen molar-refractivity contribution in [2.75, 3.05) is 12.4 Å². The van der Waals surface area contributed by atoms with Crippen LogP contribution in [0, 0.1) is 5.82 Å². The molecule has 5 heteroatoms. The monoisotopic (exact) mass is 381 g/mol. The highest BCUT2D eigenvalue weighted by atomic mass is 32.2. The van der Waals surface area contributed by atoms with Crippen molar-refractivity contribution in [3.05, 3.63) is 84.2 Å².